The van der Waals surface area contributed by atoms with Crippen molar-refractivity contribution in [1.82, 2.24) is 24.3 Å². The topological polar surface area (TPSA) is 67.4 Å². The quantitative estimate of drug-likeness (QED) is 0.564. The molecule has 3 heterocycles. The number of carbonyl (C=O) groups is 1. The fourth-order valence-corrected chi connectivity index (χ4v) is 3.89. The summed E-state index contributed by atoms with van der Waals surface area (Å²) in [6.45, 7) is 7.63. The fourth-order valence-electron chi connectivity index (χ4n) is 3.89. The lowest BCUT2D eigenvalue weighted by Crippen LogP contribution is -2.25. The number of para-hydroxylation sites is 1. The summed E-state index contributed by atoms with van der Waals surface area (Å²) < 4.78 is 8.04. The van der Waals surface area contributed by atoms with Crippen molar-refractivity contribution in [3.63, 3.8) is 0 Å². The van der Waals surface area contributed by atoms with Crippen LogP contribution in [-0.4, -0.2) is 50.4 Å². The van der Waals surface area contributed by atoms with E-state index in [0.717, 1.165) is 49.6 Å². The van der Waals surface area contributed by atoms with Crippen LogP contribution in [0.5, 0.6) is 0 Å². The standard InChI is InChI=1S/C22H27N5O2.ClH/c1-4-10-26(11-5-2)13-16-12-23-21(29-16)20-19-14-25(3)22(28)17-8-6-7-9-18(17)27(19)15-24-20;/h6-9,12,15H,4-5,10-11,13-14H2,1-3H3;1H. The second-order valence-electron chi connectivity index (χ2n) is 7.50. The minimum atomic E-state index is -0.00174. The minimum absolute atomic E-state index is 0. The first kappa shape index (κ1) is 22.1. The molecule has 0 saturated heterocycles. The zero-order valence-corrected chi connectivity index (χ0v) is 18.5. The van der Waals surface area contributed by atoms with Crippen LogP contribution in [0.1, 0.15) is 48.5 Å². The van der Waals surface area contributed by atoms with Gasteiger partial charge in [-0.2, -0.15) is 0 Å². The number of fused-ring (bicyclic) bond motifs is 3. The number of hydrogen-bond acceptors (Lipinski definition) is 5. The van der Waals surface area contributed by atoms with Gasteiger partial charge in [-0.05, 0) is 38.1 Å². The molecule has 0 aliphatic carbocycles. The van der Waals surface area contributed by atoms with Gasteiger partial charge >= 0.3 is 0 Å². The van der Waals surface area contributed by atoms with E-state index in [9.17, 15) is 4.79 Å². The maximum atomic E-state index is 12.7. The number of halogens is 1. The molecule has 3 aromatic rings. The number of oxazole rings is 1. The number of aromatic nitrogens is 3. The number of amides is 1. The summed E-state index contributed by atoms with van der Waals surface area (Å²) in [7, 11) is 1.81. The molecule has 0 spiro atoms. The molecule has 1 aliphatic rings. The molecule has 0 saturated carbocycles. The van der Waals surface area contributed by atoms with E-state index in [4.69, 9.17) is 4.42 Å². The highest BCUT2D eigenvalue weighted by molar-refractivity contribution is 5.98. The van der Waals surface area contributed by atoms with Gasteiger partial charge in [-0.15, -0.1) is 12.4 Å². The summed E-state index contributed by atoms with van der Waals surface area (Å²) in [6.07, 6.45) is 5.75. The Bertz CT molecular complexity index is 1010. The Kier molecular flexibility index (Phi) is 6.95. The fraction of sp³-hybridized carbons (Fsp3) is 0.409. The van der Waals surface area contributed by atoms with Crippen molar-refractivity contribution in [2.24, 2.45) is 0 Å². The molecule has 1 aliphatic heterocycles. The van der Waals surface area contributed by atoms with Crippen LogP contribution in [0.25, 0.3) is 17.3 Å². The average molecular weight is 430 g/mol. The summed E-state index contributed by atoms with van der Waals surface area (Å²) in [5.41, 5.74) is 3.09. The van der Waals surface area contributed by atoms with E-state index in [1.165, 1.54) is 0 Å². The molecule has 1 amide bonds. The summed E-state index contributed by atoms with van der Waals surface area (Å²) in [5.74, 6) is 1.34. The summed E-state index contributed by atoms with van der Waals surface area (Å²) in [6, 6.07) is 7.60. The molecule has 0 bridgehead atoms. The normalized spacial score (nSPS) is 13.1. The van der Waals surface area contributed by atoms with Crippen LogP contribution in [0, 0.1) is 0 Å². The number of nitrogens with zero attached hydrogens (tertiary/aromatic N) is 5. The van der Waals surface area contributed by atoms with E-state index in [1.54, 1.807) is 24.5 Å². The number of hydrogen-bond donors (Lipinski definition) is 0. The third kappa shape index (κ3) is 4.13. The van der Waals surface area contributed by atoms with Gasteiger partial charge in [0.1, 0.15) is 17.8 Å². The second kappa shape index (κ2) is 9.45. The highest BCUT2D eigenvalue weighted by atomic mass is 35.5. The van der Waals surface area contributed by atoms with Crippen LogP contribution in [0.15, 0.2) is 41.2 Å². The first-order valence-corrected chi connectivity index (χ1v) is 10.2. The highest BCUT2D eigenvalue weighted by Crippen LogP contribution is 2.30. The molecule has 4 rings (SSSR count). The molecule has 0 atom stereocenters. The van der Waals surface area contributed by atoms with Crippen molar-refractivity contribution in [2.45, 2.75) is 39.8 Å². The predicted molar refractivity (Wildman–Crippen MR) is 118 cm³/mol. The summed E-state index contributed by atoms with van der Waals surface area (Å²) >= 11 is 0. The Hall–Kier alpha value is -2.64. The molecule has 8 heteroatoms. The molecular weight excluding hydrogens is 402 g/mol. The van der Waals surface area contributed by atoms with E-state index in [0.29, 0.717) is 23.7 Å². The number of benzene rings is 1. The van der Waals surface area contributed by atoms with Gasteiger partial charge in [0, 0.05) is 7.05 Å². The lowest BCUT2D eigenvalue weighted by molar-refractivity contribution is 0.0788. The van der Waals surface area contributed by atoms with Crippen LogP contribution in [0.3, 0.4) is 0 Å². The minimum Gasteiger partial charge on any atom is -0.438 e. The van der Waals surface area contributed by atoms with Gasteiger partial charge in [0.15, 0.2) is 0 Å². The first-order valence-electron chi connectivity index (χ1n) is 10.2. The van der Waals surface area contributed by atoms with Crippen LogP contribution in [-0.2, 0) is 13.1 Å². The lowest BCUT2D eigenvalue weighted by atomic mass is 10.1. The zero-order chi connectivity index (χ0) is 20.4. The third-order valence-electron chi connectivity index (χ3n) is 5.21. The average Bonchev–Trinajstić information content (AvgIpc) is 3.32. The Labute approximate surface area is 183 Å². The maximum Gasteiger partial charge on any atom is 0.256 e. The molecule has 160 valence electrons. The van der Waals surface area contributed by atoms with Crippen LogP contribution in [0.4, 0.5) is 0 Å². The van der Waals surface area contributed by atoms with Crippen molar-refractivity contribution in [2.75, 3.05) is 20.1 Å². The molecule has 7 nitrogen and oxygen atoms in total. The Morgan fingerprint density at radius 2 is 1.87 bits per heavy atom. The number of carbonyl (C=O) groups excluding carboxylic acids is 1. The van der Waals surface area contributed by atoms with Crippen molar-refractivity contribution < 1.29 is 9.21 Å². The molecule has 30 heavy (non-hydrogen) atoms. The molecule has 0 fully saturated rings. The Morgan fingerprint density at radius 3 is 2.60 bits per heavy atom. The van der Waals surface area contributed by atoms with Gasteiger partial charge in [-0.25, -0.2) is 9.97 Å². The number of imidazole rings is 1. The highest BCUT2D eigenvalue weighted by Gasteiger charge is 2.27. The van der Waals surface area contributed by atoms with Gasteiger partial charge in [-0.3, -0.25) is 14.3 Å². The summed E-state index contributed by atoms with van der Waals surface area (Å²) in [4.78, 5) is 25.9. The largest absolute Gasteiger partial charge is 0.438 e. The van der Waals surface area contributed by atoms with E-state index in [2.05, 4.69) is 28.7 Å². The van der Waals surface area contributed by atoms with Crippen molar-refractivity contribution in [3.8, 4) is 17.3 Å². The molecule has 1 aromatic carbocycles. The van der Waals surface area contributed by atoms with E-state index in [1.807, 2.05) is 28.8 Å². The van der Waals surface area contributed by atoms with Gasteiger partial charge < -0.3 is 9.32 Å². The molecule has 0 radical (unpaired) electrons. The van der Waals surface area contributed by atoms with Gasteiger partial charge in [0.2, 0.25) is 5.89 Å². The van der Waals surface area contributed by atoms with Crippen molar-refractivity contribution in [3.05, 3.63) is 53.8 Å². The van der Waals surface area contributed by atoms with E-state index >= 15 is 0 Å². The SMILES string of the molecule is CCCN(CCC)Cc1cnc(-c2ncn3c2CN(C)C(=O)c2ccccc2-3)o1.Cl. The molecular formula is C22H28ClN5O2. The molecule has 2 aromatic heterocycles. The van der Waals surface area contributed by atoms with Crippen molar-refractivity contribution >= 4 is 18.3 Å². The van der Waals surface area contributed by atoms with E-state index < -0.39 is 0 Å². The molecule has 0 N–H and O–H groups in total. The van der Waals surface area contributed by atoms with Crippen molar-refractivity contribution in [1.29, 1.82) is 0 Å². The lowest BCUT2D eigenvalue weighted by Gasteiger charge is -2.18. The second-order valence-corrected chi connectivity index (χ2v) is 7.50. The Morgan fingerprint density at radius 1 is 1.13 bits per heavy atom. The number of rotatable bonds is 7. The van der Waals surface area contributed by atoms with Crippen LogP contribution < -0.4 is 0 Å². The smallest absolute Gasteiger partial charge is 0.256 e. The monoisotopic (exact) mass is 429 g/mol. The van der Waals surface area contributed by atoms with E-state index in [-0.39, 0.29) is 18.3 Å². The first-order chi connectivity index (χ1) is 14.1. The van der Waals surface area contributed by atoms with Gasteiger partial charge in [0.25, 0.3) is 5.91 Å². The molecule has 0 unspecified atom stereocenters. The summed E-state index contributed by atoms with van der Waals surface area (Å²) in [5, 5.41) is 0. The van der Waals surface area contributed by atoms with Crippen LogP contribution in [0.2, 0.25) is 0 Å². The Balaban J connectivity index is 0.00000256. The predicted octanol–water partition coefficient (Wildman–Crippen LogP) is 4.16. The van der Waals surface area contributed by atoms with Gasteiger partial charge in [0.05, 0.1) is 36.2 Å². The maximum absolute atomic E-state index is 12.7. The zero-order valence-electron chi connectivity index (χ0n) is 17.7. The van der Waals surface area contributed by atoms with Gasteiger partial charge in [-0.1, -0.05) is 26.0 Å². The van der Waals surface area contributed by atoms with Crippen LogP contribution >= 0.6 is 12.4 Å². The third-order valence-corrected chi connectivity index (χ3v) is 5.21.